The average molecular weight is 464 g/mol. The summed E-state index contributed by atoms with van der Waals surface area (Å²) in [7, 11) is 1.52. The van der Waals surface area contributed by atoms with Crippen molar-refractivity contribution in [2.24, 2.45) is 0 Å². The van der Waals surface area contributed by atoms with Crippen LogP contribution in [0.2, 0.25) is 0 Å². The number of anilines is 1. The molecule has 0 radical (unpaired) electrons. The van der Waals surface area contributed by atoms with E-state index in [0.717, 1.165) is 16.7 Å². The highest BCUT2D eigenvalue weighted by atomic mass is 16.5. The minimum Gasteiger partial charge on any atom is -0.493 e. The molecule has 0 aliphatic carbocycles. The van der Waals surface area contributed by atoms with Crippen LogP contribution in [0.4, 0.5) is 5.69 Å². The van der Waals surface area contributed by atoms with Gasteiger partial charge in [-0.05, 0) is 54.8 Å². The standard InChI is InChI=1S/C29H25N3O3/c1-4-9-22-14-21(15-25(18-31)29(33)32-26-13-8-5-10-20(26)2)16-27(34-3)28(22)35-19-24-12-7-6-11-23(24)17-30/h4-8,10-16H,1,9,19H2,2-3H3,(H,32,33)/b25-15+. The Morgan fingerprint density at radius 3 is 2.51 bits per heavy atom. The SMILES string of the molecule is C=CCc1cc(/C=C(\C#N)C(=O)Nc2ccccc2C)cc(OC)c1OCc1ccccc1C#N. The fraction of sp³-hybridized carbons (Fsp3) is 0.138. The number of para-hydroxylation sites is 1. The Labute approximate surface area is 205 Å². The zero-order chi connectivity index (χ0) is 25.2. The first-order valence-corrected chi connectivity index (χ1v) is 10.9. The summed E-state index contributed by atoms with van der Waals surface area (Å²) in [5.74, 6) is 0.460. The van der Waals surface area contributed by atoms with E-state index in [1.807, 2.05) is 49.4 Å². The summed E-state index contributed by atoms with van der Waals surface area (Å²) in [5.41, 5.74) is 4.17. The Morgan fingerprint density at radius 2 is 1.83 bits per heavy atom. The van der Waals surface area contributed by atoms with Crippen LogP contribution < -0.4 is 14.8 Å². The Bertz CT molecular complexity index is 1360. The van der Waals surface area contributed by atoms with Crippen molar-refractivity contribution < 1.29 is 14.3 Å². The molecule has 1 amide bonds. The topological polar surface area (TPSA) is 95.1 Å². The number of hydrogen-bond acceptors (Lipinski definition) is 5. The van der Waals surface area contributed by atoms with Crippen molar-refractivity contribution in [3.05, 3.63) is 107 Å². The predicted molar refractivity (Wildman–Crippen MR) is 136 cm³/mol. The molecule has 6 heteroatoms. The van der Waals surface area contributed by atoms with Gasteiger partial charge in [-0.15, -0.1) is 6.58 Å². The van der Waals surface area contributed by atoms with Crippen LogP contribution in [0.5, 0.6) is 11.5 Å². The highest BCUT2D eigenvalue weighted by Crippen LogP contribution is 2.35. The van der Waals surface area contributed by atoms with Crippen molar-refractivity contribution >= 4 is 17.7 Å². The third-order valence-electron chi connectivity index (χ3n) is 5.32. The fourth-order valence-electron chi connectivity index (χ4n) is 3.51. The molecule has 3 aromatic carbocycles. The first-order valence-electron chi connectivity index (χ1n) is 10.9. The maximum atomic E-state index is 12.8. The van der Waals surface area contributed by atoms with Crippen LogP contribution in [0.1, 0.15) is 27.8 Å². The molecule has 0 aliphatic heterocycles. The summed E-state index contributed by atoms with van der Waals surface area (Å²) < 4.78 is 11.6. The van der Waals surface area contributed by atoms with Gasteiger partial charge in [0.05, 0.1) is 18.7 Å². The molecule has 3 aromatic rings. The number of nitrogens with one attached hydrogen (secondary N) is 1. The lowest BCUT2D eigenvalue weighted by Gasteiger charge is -2.16. The Morgan fingerprint density at radius 1 is 1.09 bits per heavy atom. The van der Waals surface area contributed by atoms with Crippen molar-refractivity contribution in [2.75, 3.05) is 12.4 Å². The first kappa shape index (κ1) is 24.8. The van der Waals surface area contributed by atoms with E-state index in [1.165, 1.54) is 13.2 Å². The number of benzene rings is 3. The third-order valence-corrected chi connectivity index (χ3v) is 5.32. The van der Waals surface area contributed by atoms with Gasteiger partial charge in [0.1, 0.15) is 18.2 Å². The summed E-state index contributed by atoms with van der Waals surface area (Å²) in [6.45, 7) is 5.88. The van der Waals surface area contributed by atoms with Gasteiger partial charge in [-0.3, -0.25) is 4.79 Å². The smallest absolute Gasteiger partial charge is 0.266 e. The Balaban J connectivity index is 1.93. The second-order valence-electron chi connectivity index (χ2n) is 7.70. The van der Waals surface area contributed by atoms with Gasteiger partial charge in [-0.2, -0.15) is 10.5 Å². The number of nitrogens with zero attached hydrogens (tertiary/aromatic N) is 2. The van der Waals surface area contributed by atoms with E-state index < -0.39 is 5.91 Å². The number of carbonyl (C=O) groups is 1. The van der Waals surface area contributed by atoms with Gasteiger partial charge in [-0.25, -0.2) is 0 Å². The van der Waals surface area contributed by atoms with Gasteiger partial charge in [-0.1, -0.05) is 42.5 Å². The zero-order valence-corrected chi connectivity index (χ0v) is 19.7. The number of amides is 1. The van der Waals surface area contributed by atoms with Gasteiger partial charge in [0.2, 0.25) is 0 Å². The number of allylic oxidation sites excluding steroid dienone is 1. The highest BCUT2D eigenvalue weighted by molar-refractivity contribution is 6.10. The van der Waals surface area contributed by atoms with Crippen LogP contribution in [0.25, 0.3) is 6.08 Å². The number of aryl methyl sites for hydroxylation is 1. The van der Waals surface area contributed by atoms with Crippen LogP contribution in [-0.4, -0.2) is 13.0 Å². The number of ether oxygens (including phenoxy) is 2. The van der Waals surface area contributed by atoms with Crippen LogP contribution in [0, 0.1) is 29.6 Å². The van der Waals surface area contributed by atoms with Crippen molar-refractivity contribution in [1.82, 2.24) is 0 Å². The van der Waals surface area contributed by atoms with E-state index in [9.17, 15) is 15.3 Å². The van der Waals surface area contributed by atoms with Gasteiger partial charge in [0.25, 0.3) is 5.91 Å². The summed E-state index contributed by atoms with van der Waals surface area (Å²) in [6, 6.07) is 22.3. The number of nitriles is 2. The zero-order valence-electron chi connectivity index (χ0n) is 19.7. The molecule has 0 bridgehead atoms. The lowest BCUT2D eigenvalue weighted by molar-refractivity contribution is -0.112. The van der Waals surface area contributed by atoms with E-state index in [-0.39, 0.29) is 12.2 Å². The average Bonchev–Trinajstić information content (AvgIpc) is 2.87. The summed E-state index contributed by atoms with van der Waals surface area (Å²) >= 11 is 0. The van der Waals surface area contributed by atoms with E-state index in [2.05, 4.69) is 18.0 Å². The molecular weight excluding hydrogens is 438 g/mol. The van der Waals surface area contributed by atoms with Crippen molar-refractivity contribution in [1.29, 1.82) is 10.5 Å². The maximum Gasteiger partial charge on any atom is 0.266 e. The molecule has 0 saturated heterocycles. The molecular formula is C29H25N3O3. The second kappa shape index (κ2) is 11.9. The van der Waals surface area contributed by atoms with Crippen molar-refractivity contribution in [3.8, 4) is 23.6 Å². The Kier molecular flexibility index (Phi) is 8.43. The minimum absolute atomic E-state index is 0.0449. The first-order chi connectivity index (χ1) is 17.0. The van der Waals surface area contributed by atoms with Gasteiger partial charge < -0.3 is 14.8 Å². The van der Waals surface area contributed by atoms with Crippen molar-refractivity contribution in [3.63, 3.8) is 0 Å². The van der Waals surface area contributed by atoms with Gasteiger partial charge in [0.15, 0.2) is 11.5 Å². The third kappa shape index (κ3) is 6.16. The molecule has 3 rings (SSSR count). The molecule has 0 aliphatic rings. The number of carbonyl (C=O) groups excluding carboxylic acids is 1. The van der Waals surface area contributed by atoms with E-state index in [4.69, 9.17) is 9.47 Å². The highest BCUT2D eigenvalue weighted by Gasteiger charge is 2.16. The van der Waals surface area contributed by atoms with Crippen LogP contribution in [0.3, 0.4) is 0 Å². The summed E-state index contributed by atoms with van der Waals surface area (Å²) in [5, 5.41) is 21.8. The molecule has 0 aromatic heterocycles. The molecule has 35 heavy (non-hydrogen) atoms. The fourth-order valence-corrected chi connectivity index (χ4v) is 3.51. The predicted octanol–water partition coefficient (Wildman–Crippen LogP) is 5.73. The van der Waals surface area contributed by atoms with Crippen LogP contribution in [-0.2, 0) is 17.8 Å². The molecule has 0 spiro atoms. The largest absolute Gasteiger partial charge is 0.493 e. The van der Waals surface area contributed by atoms with Crippen molar-refractivity contribution in [2.45, 2.75) is 20.0 Å². The molecule has 0 unspecified atom stereocenters. The summed E-state index contributed by atoms with van der Waals surface area (Å²) in [6.07, 6.45) is 3.72. The number of methoxy groups -OCH3 is 1. The minimum atomic E-state index is -0.500. The quantitative estimate of drug-likeness (QED) is 0.248. The Hall–Kier alpha value is -4.81. The monoisotopic (exact) mass is 463 g/mol. The molecule has 174 valence electrons. The molecule has 0 saturated carbocycles. The molecule has 0 fully saturated rings. The molecule has 1 N–H and O–H groups in total. The van der Waals surface area contributed by atoms with Crippen LogP contribution in [0.15, 0.2) is 78.9 Å². The van der Waals surface area contributed by atoms with E-state index in [1.54, 1.807) is 30.3 Å². The summed E-state index contributed by atoms with van der Waals surface area (Å²) in [4.78, 5) is 12.8. The van der Waals surface area contributed by atoms with E-state index in [0.29, 0.717) is 34.7 Å². The molecule has 0 atom stereocenters. The van der Waals surface area contributed by atoms with Gasteiger partial charge >= 0.3 is 0 Å². The maximum absolute atomic E-state index is 12.8. The lowest BCUT2D eigenvalue weighted by Crippen LogP contribution is -2.14. The lowest BCUT2D eigenvalue weighted by atomic mass is 10.0. The number of rotatable bonds is 9. The molecule has 6 nitrogen and oxygen atoms in total. The van der Waals surface area contributed by atoms with E-state index >= 15 is 0 Å². The van der Waals surface area contributed by atoms with Crippen LogP contribution >= 0.6 is 0 Å². The number of hydrogen-bond donors (Lipinski definition) is 1. The second-order valence-corrected chi connectivity index (χ2v) is 7.70. The normalized spacial score (nSPS) is 10.6. The van der Waals surface area contributed by atoms with Gasteiger partial charge in [0, 0.05) is 16.8 Å². The molecule has 0 heterocycles.